The van der Waals surface area contributed by atoms with Crippen LogP contribution in [0.15, 0.2) is 30.7 Å². The number of carboxylic acid groups (broad SMARTS) is 1. The average Bonchev–Trinajstić information content (AvgIpc) is 2.93. The first-order valence-corrected chi connectivity index (χ1v) is 6.63. The Labute approximate surface area is 126 Å². The number of aryl methyl sites for hydroxylation is 1. The Kier molecular flexibility index (Phi) is 4.59. The van der Waals surface area contributed by atoms with Gasteiger partial charge < -0.3 is 15.4 Å². The van der Waals surface area contributed by atoms with Crippen molar-refractivity contribution in [1.29, 1.82) is 0 Å². The van der Waals surface area contributed by atoms with Crippen LogP contribution in [0, 0.1) is 6.92 Å². The van der Waals surface area contributed by atoms with E-state index in [1.54, 1.807) is 25.1 Å². The van der Waals surface area contributed by atoms with Gasteiger partial charge in [-0.1, -0.05) is 23.7 Å². The van der Waals surface area contributed by atoms with Crippen LogP contribution in [-0.4, -0.2) is 33.0 Å². The van der Waals surface area contributed by atoms with E-state index in [9.17, 15) is 14.7 Å². The van der Waals surface area contributed by atoms with Crippen LogP contribution in [0.25, 0.3) is 0 Å². The number of carbonyl (C=O) groups is 2. The van der Waals surface area contributed by atoms with Crippen molar-refractivity contribution in [3.8, 4) is 0 Å². The monoisotopic (exact) mass is 307 g/mol. The Hall–Kier alpha value is -2.34. The number of H-pyrrole nitrogens is 1. The maximum atomic E-state index is 12.2. The fraction of sp³-hybridized carbons (Fsp3) is 0.214. The van der Waals surface area contributed by atoms with Crippen molar-refractivity contribution in [3.63, 3.8) is 0 Å². The molecule has 1 heterocycles. The second-order valence-corrected chi connectivity index (χ2v) is 4.96. The molecule has 110 valence electrons. The second-order valence-electron chi connectivity index (χ2n) is 4.58. The fourth-order valence-corrected chi connectivity index (χ4v) is 2.09. The first-order valence-electron chi connectivity index (χ1n) is 6.25. The third kappa shape index (κ3) is 3.61. The van der Waals surface area contributed by atoms with Gasteiger partial charge >= 0.3 is 5.97 Å². The summed E-state index contributed by atoms with van der Waals surface area (Å²) in [5.74, 6) is -1.64. The molecule has 6 nitrogen and oxygen atoms in total. The SMILES string of the molecule is Cc1cccc(C(=O)N[C@@H](Cc2cnc[nH]2)C(=O)O)c1Cl. The molecule has 1 amide bonds. The lowest BCUT2D eigenvalue weighted by Crippen LogP contribution is -2.42. The lowest BCUT2D eigenvalue weighted by atomic mass is 10.1. The first-order chi connectivity index (χ1) is 9.99. The predicted octanol–water partition coefficient (Wildman–Crippen LogP) is 1.80. The molecule has 0 saturated carbocycles. The van der Waals surface area contributed by atoms with Gasteiger partial charge in [0, 0.05) is 18.3 Å². The smallest absolute Gasteiger partial charge is 0.326 e. The molecule has 0 bridgehead atoms. The van der Waals surface area contributed by atoms with Crippen molar-refractivity contribution in [2.24, 2.45) is 0 Å². The van der Waals surface area contributed by atoms with Gasteiger partial charge in [-0.15, -0.1) is 0 Å². The first kappa shape index (κ1) is 15.1. The highest BCUT2D eigenvalue weighted by Gasteiger charge is 2.23. The molecule has 1 atom stereocenters. The number of aromatic amines is 1. The van der Waals surface area contributed by atoms with Crippen LogP contribution in [-0.2, 0) is 11.2 Å². The molecule has 2 aromatic rings. The predicted molar refractivity (Wildman–Crippen MR) is 77.4 cm³/mol. The standard InChI is InChI=1S/C14H14ClN3O3/c1-8-3-2-4-10(12(8)15)13(19)18-11(14(20)21)5-9-6-16-7-17-9/h2-4,6-7,11H,5H2,1H3,(H,16,17)(H,18,19)(H,20,21)/t11-/m0/s1. The summed E-state index contributed by atoms with van der Waals surface area (Å²) < 4.78 is 0. The summed E-state index contributed by atoms with van der Waals surface area (Å²) in [6, 6.07) is 3.97. The van der Waals surface area contributed by atoms with Crippen LogP contribution in [0.5, 0.6) is 0 Å². The van der Waals surface area contributed by atoms with Gasteiger partial charge in [-0.3, -0.25) is 4.79 Å². The molecule has 0 radical (unpaired) electrons. The van der Waals surface area contributed by atoms with Crippen molar-refractivity contribution in [1.82, 2.24) is 15.3 Å². The third-order valence-corrected chi connectivity index (χ3v) is 3.52. The summed E-state index contributed by atoms with van der Waals surface area (Å²) >= 11 is 6.07. The van der Waals surface area contributed by atoms with Gasteiger partial charge in [0.1, 0.15) is 6.04 Å². The molecule has 21 heavy (non-hydrogen) atoms. The Balaban J connectivity index is 2.15. The minimum absolute atomic E-state index is 0.116. The molecule has 0 saturated heterocycles. The van der Waals surface area contributed by atoms with Crippen molar-refractivity contribution < 1.29 is 14.7 Å². The molecule has 0 aliphatic carbocycles. The Morgan fingerprint density at radius 1 is 1.48 bits per heavy atom. The normalized spacial score (nSPS) is 11.9. The van der Waals surface area contributed by atoms with E-state index in [-0.39, 0.29) is 12.0 Å². The quantitative estimate of drug-likeness (QED) is 0.785. The van der Waals surface area contributed by atoms with E-state index in [2.05, 4.69) is 15.3 Å². The van der Waals surface area contributed by atoms with E-state index < -0.39 is 17.9 Å². The molecule has 0 aliphatic heterocycles. The maximum absolute atomic E-state index is 12.2. The molecule has 7 heteroatoms. The van der Waals surface area contributed by atoms with Gasteiger partial charge in [-0.05, 0) is 18.6 Å². The number of hydrogen-bond acceptors (Lipinski definition) is 3. The molecular formula is C14H14ClN3O3. The molecule has 0 fully saturated rings. The van der Waals surface area contributed by atoms with E-state index in [1.165, 1.54) is 12.5 Å². The maximum Gasteiger partial charge on any atom is 0.326 e. The number of carbonyl (C=O) groups excluding carboxylic acids is 1. The Bertz CT molecular complexity index is 655. The van der Waals surface area contributed by atoms with Gasteiger partial charge in [-0.25, -0.2) is 9.78 Å². The molecule has 0 aliphatic rings. The number of rotatable bonds is 5. The summed E-state index contributed by atoms with van der Waals surface area (Å²) in [5, 5.41) is 12.0. The molecular weight excluding hydrogens is 294 g/mol. The molecule has 3 N–H and O–H groups in total. The summed E-state index contributed by atoms with van der Waals surface area (Å²) in [5.41, 5.74) is 1.63. The van der Waals surface area contributed by atoms with Gasteiger partial charge in [0.25, 0.3) is 5.91 Å². The van der Waals surface area contributed by atoms with E-state index in [0.717, 1.165) is 5.56 Å². The van der Waals surface area contributed by atoms with Crippen LogP contribution in [0.1, 0.15) is 21.6 Å². The lowest BCUT2D eigenvalue weighted by molar-refractivity contribution is -0.139. The number of benzene rings is 1. The Morgan fingerprint density at radius 2 is 2.24 bits per heavy atom. The molecule has 0 spiro atoms. The summed E-state index contributed by atoms with van der Waals surface area (Å²) in [6.07, 6.45) is 3.08. The number of amides is 1. The molecule has 1 aromatic carbocycles. The molecule has 1 aromatic heterocycles. The van der Waals surface area contributed by atoms with Crippen molar-refractivity contribution in [2.75, 3.05) is 0 Å². The third-order valence-electron chi connectivity index (χ3n) is 3.02. The zero-order valence-corrected chi connectivity index (χ0v) is 12.0. The van der Waals surface area contributed by atoms with Gasteiger partial charge in [0.15, 0.2) is 0 Å². The van der Waals surface area contributed by atoms with E-state index >= 15 is 0 Å². The number of aliphatic carboxylic acids is 1. The topological polar surface area (TPSA) is 95.1 Å². The van der Waals surface area contributed by atoms with E-state index in [4.69, 9.17) is 11.6 Å². The Morgan fingerprint density at radius 3 is 2.86 bits per heavy atom. The van der Waals surface area contributed by atoms with Crippen LogP contribution < -0.4 is 5.32 Å². The highest BCUT2D eigenvalue weighted by atomic mass is 35.5. The average molecular weight is 308 g/mol. The van der Waals surface area contributed by atoms with E-state index in [1.807, 2.05) is 0 Å². The second kappa shape index (κ2) is 6.41. The minimum Gasteiger partial charge on any atom is -0.480 e. The molecule has 2 rings (SSSR count). The number of hydrogen-bond donors (Lipinski definition) is 3. The van der Waals surface area contributed by atoms with Crippen LogP contribution >= 0.6 is 11.6 Å². The number of carboxylic acids is 1. The number of nitrogens with one attached hydrogen (secondary N) is 2. The van der Waals surface area contributed by atoms with Gasteiger partial charge in [-0.2, -0.15) is 0 Å². The van der Waals surface area contributed by atoms with Crippen LogP contribution in [0.2, 0.25) is 5.02 Å². The lowest BCUT2D eigenvalue weighted by Gasteiger charge is -2.14. The summed E-state index contributed by atoms with van der Waals surface area (Å²) in [4.78, 5) is 30.1. The highest BCUT2D eigenvalue weighted by molar-refractivity contribution is 6.34. The van der Waals surface area contributed by atoms with Crippen molar-refractivity contribution in [2.45, 2.75) is 19.4 Å². The van der Waals surface area contributed by atoms with Crippen LogP contribution in [0.3, 0.4) is 0 Å². The number of nitrogens with zero attached hydrogens (tertiary/aromatic N) is 1. The van der Waals surface area contributed by atoms with Gasteiger partial charge in [0.2, 0.25) is 0 Å². The fourth-order valence-electron chi connectivity index (χ4n) is 1.88. The zero-order chi connectivity index (χ0) is 15.4. The van der Waals surface area contributed by atoms with Crippen LogP contribution in [0.4, 0.5) is 0 Å². The van der Waals surface area contributed by atoms with E-state index in [0.29, 0.717) is 10.7 Å². The van der Waals surface area contributed by atoms with Crippen molar-refractivity contribution >= 4 is 23.5 Å². The number of aromatic nitrogens is 2. The molecule has 0 unspecified atom stereocenters. The summed E-state index contributed by atoms with van der Waals surface area (Å²) in [7, 11) is 0. The highest BCUT2D eigenvalue weighted by Crippen LogP contribution is 2.20. The number of halogens is 1. The van der Waals surface area contributed by atoms with Gasteiger partial charge in [0.05, 0.1) is 16.9 Å². The summed E-state index contributed by atoms with van der Waals surface area (Å²) in [6.45, 7) is 1.78. The van der Waals surface area contributed by atoms with Crippen molar-refractivity contribution in [3.05, 3.63) is 52.6 Å². The largest absolute Gasteiger partial charge is 0.480 e. The number of imidazole rings is 1. The zero-order valence-electron chi connectivity index (χ0n) is 11.3. The minimum atomic E-state index is -1.12.